The third-order valence-electron chi connectivity index (χ3n) is 1.58. The van der Waals surface area contributed by atoms with Crippen LogP contribution in [0.25, 0.3) is 0 Å². The Morgan fingerprint density at radius 1 is 1.54 bits per heavy atom. The van der Waals surface area contributed by atoms with Crippen molar-refractivity contribution in [2.24, 2.45) is 0 Å². The fourth-order valence-corrected chi connectivity index (χ4v) is 1.37. The second kappa shape index (κ2) is 4.72. The van der Waals surface area contributed by atoms with Crippen LogP contribution in [0.2, 0.25) is 5.02 Å². The van der Waals surface area contributed by atoms with Crippen LogP contribution in [0, 0.1) is 5.82 Å². The molecule has 1 nitrogen and oxygen atoms in total. The van der Waals surface area contributed by atoms with Gasteiger partial charge >= 0.3 is 0 Å². The molecule has 1 aromatic rings. The lowest BCUT2D eigenvalue weighted by atomic mass is 10.1. The quantitative estimate of drug-likeness (QED) is 0.768. The third-order valence-corrected chi connectivity index (χ3v) is 2.56. The van der Waals surface area contributed by atoms with Crippen molar-refractivity contribution in [3.8, 4) is 0 Å². The van der Waals surface area contributed by atoms with E-state index < -0.39 is 5.82 Å². The minimum atomic E-state index is -0.429. The van der Waals surface area contributed by atoms with Crippen LogP contribution < -0.4 is 0 Å². The topological polar surface area (TPSA) is 17.1 Å². The predicted octanol–water partition coefficient (Wildman–Crippen LogP) is 2.99. The van der Waals surface area contributed by atoms with E-state index in [1.807, 2.05) is 0 Å². The Morgan fingerprint density at radius 2 is 2.23 bits per heavy atom. The minimum Gasteiger partial charge on any atom is -0.298 e. The number of benzene rings is 1. The molecule has 0 aliphatic heterocycles. The van der Waals surface area contributed by atoms with Crippen molar-refractivity contribution in [3.05, 3.63) is 34.6 Å². The molecule has 1 rings (SSSR count). The van der Waals surface area contributed by atoms with E-state index >= 15 is 0 Å². The Morgan fingerprint density at radius 3 is 2.77 bits per heavy atom. The van der Waals surface area contributed by atoms with Crippen LogP contribution in [-0.2, 0) is 11.2 Å². The first-order valence-corrected chi connectivity index (χ1v) is 5.15. The van der Waals surface area contributed by atoms with Gasteiger partial charge in [-0.05, 0) is 12.1 Å². The summed E-state index contributed by atoms with van der Waals surface area (Å²) in [5.41, 5.74) is 0.272. The summed E-state index contributed by atoms with van der Waals surface area (Å²) in [4.78, 5) is 11.0. The second-order valence-electron chi connectivity index (χ2n) is 2.55. The van der Waals surface area contributed by atoms with Gasteiger partial charge in [-0.25, -0.2) is 4.39 Å². The average molecular weight is 266 g/mol. The lowest BCUT2D eigenvalue weighted by Gasteiger charge is -2.02. The van der Waals surface area contributed by atoms with Crippen LogP contribution >= 0.6 is 27.5 Å². The highest BCUT2D eigenvalue weighted by Gasteiger charge is 2.10. The lowest BCUT2D eigenvalue weighted by Crippen LogP contribution is -2.05. The van der Waals surface area contributed by atoms with Gasteiger partial charge in [-0.3, -0.25) is 4.79 Å². The van der Waals surface area contributed by atoms with Crippen molar-refractivity contribution in [3.63, 3.8) is 0 Å². The first-order chi connectivity index (χ1) is 6.15. The van der Waals surface area contributed by atoms with Crippen molar-refractivity contribution in [1.29, 1.82) is 0 Å². The van der Waals surface area contributed by atoms with E-state index in [1.54, 1.807) is 6.07 Å². The van der Waals surface area contributed by atoms with Crippen molar-refractivity contribution >= 4 is 33.3 Å². The smallest absolute Gasteiger partial charge is 0.147 e. The standard InChI is InChI=1S/C9H7BrClFO/c10-5-6(13)4-7-8(11)2-1-3-9(7)12/h1-3H,4-5H2. The Bertz CT molecular complexity index is 307. The SMILES string of the molecule is O=C(CBr)Cc1c(F)cccc1Cl. The number of hydrogen-bond donors (Lipinski definition) is 0. The molecule has 0 fully saturated rings. The van der Waals surface area contributed by atoms with Gasteiger partial charge < -0.3 is 0 Å². The van der Waals surface area contributed by atoms with Crippen LogP contribution in [0.3, 0.4) is 0 Å². The van der Waals surface area contributed by atoms with E-state index in [9.17, 15) is 9.18 Å². The van der Waals surface area contributed by atoms with Crippen molar-refractivity contribution in [2.75, 3.05) is 5.33 Å². The van der Waals surface area contributed by atoms with Crippen LogP contribution in [0.5, 0.6) is 0 Å². The summed E-state index contributed by atoms with van der Waals surface area (Å²) in [6.07, 6.45) is 0.0384. The van der Waals surface area contributed by atoms with E-state index in [2.05, 4.69) is 15.9 Å². The number of hydrogen-bond acceptors (Lipinski definition) is 1. The summed E-state index contributed by atoms with van der Waals surface area (Å²) in [6.45, 7) is 0. The van der Waals surface area contributed by atoms with Gasteiger partial charge in [0.1, 0.15) is 11.6 Å². The van der Waals surface area contributed by atoms with Crippen molar-refractivity contribution in [1.82, 2.24) is 0 Å². The first-order valence-electron chi connectivity index (χ1n) is 3.65. The Labute approximate surface area is 89.0 Å². The second-order valence-corrected chi connectivity index (χ2v) is 3.52. The molecule has 0 heterocycles. The van der Waals surface area contributed by atoms with Gasteiger partial charge in [0.05, 0.1) is 5.33 Å². The van der Waals surface area contributed by atoms with Gasteiger partial charge in [0.2, 0.25) is 0 Å². The van der Waals surface area contributed by atoms with Crippen LogP contribution in [0.1, 0.15) is 5.56 Å². The van der Waals surface area contributed by atoms with Gasteiger partial charge in [-0.2, -0.15) is 0 Å². The molecule has 0 aliphatic carbocycles. The molecule has 0 amide bonds. The van der Waals surface area contributed by atoms with Crippen LogP contribution in [0.15, 0.2) is 18.2 Å². The zero-order chi connectivity index (χ0) is 9.84. The molecule has 0 unspecified atom stereocenters. The van der Waals surface area contributed by atoms with Gasteiger partial charge in [0.15, 0.2) is 0 Å². The van der Waals surface area contributed by atoms with Crippen molar-refractivity contribution < 1.29 is 9.18 Å². The van der Waals surface area contributed by atoms with Gasteiger partial charge in [-0.1, -0.05) is 33.6 Å². The minimum absolute atomic E-state index is 0.0384. The normalized spacial score (nSPS) is 10.1. The summed E-state index contributed by atoms with van der Waals surface area (Å²) in [5.74, 6) is -0.520. The summed E-state index contributed by atoms with van der Waals surface area (Å²) < 4.78 is 13.1. The van der Waals surface area contributed by atoms with Crippen LogP contribution in [-0.4, -0.2) is 11.1 Å². The zero-order valence-electron chi connectivity index (χ0n) is 6.69. The number of rotatable bonds is 3. The zero-order valence-corrected chi connectivity index (χ0v) is 9.03. The third kappa shape index (κ3) is 2.78. The summed E-state index contributed by atoms with van der Waals surface area (Å²) in [7, 11) is 0. The molecule has 13 heavy (non-hydrogen) atoms. The molecule has 0 saturated carbocycles. The summed E-state index contributed by atoms with van der Waals surface area (Å²) >= 11 is 8.73. The van der Waals surface area contributed by atoms with Gasteiger partial charge in [0.25, 0.3) is 0 Å². The molecule has 0 atom stereocenters. The van der Waals surface area contributed by atoms with E-state index in [-0.39, 0.29) is 23.1 Å². The van der Waals surface area contributed by atoms with Crippen LogP contribution in [0.4, 0.5) is 4.39 Å². The number of carbonyl (C=O) groups excluding carboxylic acids is 1. The summed E-state index contributed by atoms with van der Waals surface area (Å²) in [6, 6.07) is 4.38. The molecule has 0 aliphatic rings. The fourth-order valence-electron chi connectivity index (χ4n) is 0.946. The molecule has 0 saturated heterocycles. The molecule has 0 radical (unpaired) electrons. The molecule has 0 bridgehead atoms. The van der Waals surface area contributed by atoms with Gasteiger partial charge in [0, 0.05) is 17.0 Å². The number of Topliss-reactive ketones (excluding diaryl/α,β-unsaturated/α-hetero) is 1. The Balaban J connectivity index is 2.93. The predicted molar refractivity (Wildman–Crippen MR) is 53.9 cm³/mol. The molecule has 0 spiro atoms. The number of ketones is 1. The van der Waals surface area contributed by atoms with E-state index in [4.69, 9.17) is 11.6 Å². The molecule has 0 aromatic heterocycles. The first kappa shape index (κ1) is 10.7. The highest BCUT2D eigenvalue weighted by atomic mass is 79.9. The lowest BCUT2D eigenvalue weighted by molar-refractivity contribution is -0.115. The molecule has 70 valence electrons. The molecule has 4 heteroatoms. The average Bonchev–Trinajstić information content (AvgIpc) is 2.11. The largest absolute Gasteiger partial charge is 0.298 e. The molecule has 1 aromatic carbocycles. The summed E-state index contributed by atoms with van der Waals surface area (Å²) in [5, 5.41) is 0.520. The molecular formula is C9H7BrClFO. The molecular weight excluding hydrogens is 258 g/mol. The van der Waals surface area contributed by atoms with Crippen molar-refractivity contribution in [2.45, 2.75) is 6.42 Å². The highest BCUT2D eigenvalue weighted by molar-refractivity contribution is 9.09. The number of halogens is 3. The Kier molecular flexibility index (Phi) is 3.88. The maximum Gasteiger partial charge on any atom is 0.147 e. The maximum atomic E-state index is 13.1. The maximum absolute atomic E-state index is 13.1. The number of alkyl halides is 1. The fraction of sp³-hybridized carbons (Fsp3) is 0.222. The van der Waals surface area contributed by atoms with E-state index in [0.29, 0.717) is 5.02 Å². The van der Waals surface area contributed by atoms with E-state index in [0.717, 1.165) is 0 Å². The monoisotopic (exact) mass is 264 g/mol. The molecule has 0 N–H and O–H groups in total. The number of carbonyl (C=O) groups is 1. The van der Waals surface area contributed by atoms with Gasteiger partial charge in [-0.15, -0.1) is 0 Å². The van der Waals surface area contributed by atoms with E-state index in [1.165, 1.54) is 12.1 Å². The highest BCUT2D eigenvalue weighted by Crippen LogP contribution is 2.19. The Hall–Kier alpha value is -0.410.